The zero-order chi connectivity index (χ0) is 24.7. The van der Waals surface area contributed by atoms with Gasteiger partial charge in [0.2, 0.25) is 0 Å². The number of imidazole rings is 1. The number of hydrogen-bond acceptors (Lipinski definition) is 4. The second-order valence-electron chi connectivity index (χ2n) is 10.1. The van der Waals surface area contributed by atoms with Crippen molar-refractivity contribution in [1.29, 1.82) is 5.26 Å². The molecule has 4 aromatic rings. The van der Waals surface area contributed by atoms with Crippen molar-refractivity contribution in [2.75, 3.05) is 27.2 Å². The number of fused-ring (bicyclic) bond motifs is 1. The van der Waals surface area contributed by atoms with Gasteiger partial charge in [-0.1, -0.05) is 42.5 Å². The van der Waals surface area contributed by atoms with Crippen LogP contribution in [0.25, 0.3) is 33.3 Å². The van der Waals surface area contributed by atoms with Crippen LogP contribution in [-0.4, -0.2) is 52.6 Å². The van der Waals surface area contributed by atoms with E-state index in [2.05, 4.69) is 72.6 Å². The van der Waals surface area contributed by atoms with E-state index in [1.807, 2.05) is 37.6 Å². The smallest absolute Gasteiger partial charge is 0.0998 e. The molecule has 1 aliphatic rings. The summed E-state index contributed by atoms with van der Waals surface area (Å²) in [5.41, 5.74) is 8.94. The molecule has 1 aromatic heterocycles. The van der Waals surface area contributed by atoms with Crippen LogP contribution in [0, 0.1) is 25.2 Å². The van der Waals surface area contributed by atoms with Crippen LogP contribution in [-0.2, 0) is 13.6 Å². The number of nitrogens with zero attached hydrogens (tertiary/aromatic N) is 5. The third-order valence-electron chi connectivity index (χ3n) is 7.45. The Morgan fingerprint density at radius 2 is 1.77 bits per heavy atom. The van der Waals surface area contributed by atoms with E-state index in [9.17, 15) is 5.26 Å². The van der Waals surface area contributed by atoms with Crippen LogP contribution in [0.3, 0.4) is 0 Å². The number of rotatable bonds is 5. The van der Waals surface area contributed by atoms with Gasteiger partial charge in [-0.2, -0.15) is 5.26 Å². The summed E-state index contributed by atoms with van der Waals surface area (Å²) >= 11 is 0. The first-order chi connectivity index (χ1) is 16.9. The molecule has 5 rings (SSSR count). The van der Waals surface area contributed by atoms with E-state index in [-0.39, 0.29) is 0 Å². The normalized spacial score (nSPS) is 16.3. The van der Waals surface area contributed by atoms with Gasteiger partial charge in [0.1, 0.15) is 0 Å². The van der Waals surface area contributed by atoms with Crippen LogP contribution in [0.2, 0.25) is 0 Å². The maximum absolute atomic E-state index is 9.61. The van der Waals surface area contributed by atoms with E-state index < -0.39 is 0 Å². The third-order valence-corrected chi connectivity index (χ3v) is 7.45. The number of aryl methyl sites for hydroxylation is 3. The van der Waals surface area contributed by atoms with Crippen LogP contribution in [0.4, 0.5) is 0 Å². The van der Waals surface area contributed by atoms with Crippen molar-refractivity contribution in [2.24, 2.45) is 7.05 Å². The number of hydrogen-bond donors (Lipinski definition) is 0. The molecule has 5 nitrogen and oxygen atoms in total. The Kier molecular flexibility index (Phi) is 6.19. The van der Waals surface area contributed by atoms with Gasteiger partial charge in [0.25, 0.3) is 0 Å². The molecule has 0 saturated carbocycles. The van der Waals surface area contributed by atoms with Crippen LogP contribution < -0.4 is 0 Å². The lowest BCUT2D eigenvalue weighted by Gasteiger charge is -2.21. The average molecular weight is 464 g/mol. The summed E-state index contributed by atoms with van der Waals surface area (Å²) in [6.45, 7) is 7.67. The molecule has 1 fully saturated rings. The molecule has 3 aromatic carbocycles. The highest BCUT2D eigenvalue weighted by Gasteiger charge is 2.25. The van der Waals surface area contributed by atoms with Gasteiger partial charge in [0, 0.05) is 49.2 Å². The van der Waals surface area contributed by atoms with E-state index in [4.69, 9.17) is 4.98 Å². The first-order valence-corrected chi connectivity index (χ1v) is 12.3. The Labute approximate surface area is 208 Å². The number of benzene rings is 3. The monoisotopic (exact) mass is 463 g/mol. The van der Waals surface area contributed by atoms with Crippen molar-refractivity contribution in [3.63, 3.8) is 0 Å². The van der Waals surface area contributed by atoms with Gasteiger partial charge in [0.05, 0.1) is 29.3 Å². The Morgan fingerprint density at radius 3 is 2.43 bits per heavy atom. The molecule has 1 aliphatic heterocycles. The number of nitriles is 1. The zero-order valence-corrected chi connectivity index (χ0v) is 21.3. The Balaban J connectivity index is 1.55. The molecule has 1 unspecified atom stereocenters. The van der Waals surface area contributed by atoms with Crippen LogP contribution in [0.1, 0.15) is 28.7 Å². The molecule has 0 N–H and O–H groups in total. The number of likely N-dealkylation sites (tertiary alicyclic amines) is 1. The lowest BCUT2D eigenvalue weighted by atomic mass is 9.92. The summed E-state index contributed by atoms with van der Waals surface area (Å²) in [5, 5.41) is 11.7. The molecule has 0 aliphatic carbocycles. The fourth-order valence-electron chi connectivity index (χ4n) is 5.69. The second-order valence-corrected chi connectivity index (χ2v) is 10.1. The van der Waals surface area contributed by atoms with E-state index in [1.54, 1.807) is 0 Å². The summed E-state index contributed by atoms with van der Waals surface area (Å²) < 4.78 is 2.10. The summed E-state index contributed by atoms with van der Waals surface area (Å²) in [4.78, 5) is 9.78. The molecule has 2 heterocycles. The molecule has 0 bridgehead atoms. The molecule has 1 saturated heterocycles. The van der Waals surface area contributed by atoms with Gasteiger partial charge in [0.15, 0.2) is 0 Å². The van der Waals surface area contributed by atoms with Gasteiger partial charge in [-0.25, -0.2) is 4.98 Å². The van der Waals surface area contributed by atoms with E-state index >= 15 is 0 Å². The number of likely N-dealkylation sites (N-methyl/N-ethyl adjacent to an activating group) is 1. The van der Waals surface area contributed by atoms with Gasteiger partial charge in [-0.3, -0.25) is 4.90 Å². The standard InChI is InChI=1S/C30H33N5/c1-20-14-22(17-35-13-12-24(18-35)33(3)4)15-21(2)28(20)29-30(34(5)19-32-29)27-11-10-23(16-31)25-8-6-7-9-26(25)27/h6-11,14-15,19,24H,12-13,17-18H2,1-5H3. The minimum atomic E-state index is 0.648. The Bertz CT molecular complexity index is 1420. The van der Waals surface area contributed by atoms with Crippen molar-refractivity contribution in [3.8, 4) is 28.6 Å². The molecule has 35 heavy (non-hydrogen) atoms. The highest BCUT2D eigenvalue weighted by Crippen LogP contribution is 2.39. The van der Waals surface area contributed by atoms with Crippen LogP contribution >= 0.6 is 0 Å². The predicted molar refractivity (Wildman–Crippen MR) is 143 cm³/mol. The van der Waals surface area contributed by atoms with Crippen molar-refractivity contribution >= 4 is 10.8 Å². The SMILES string of the molecule is Cc1cc(CN2CCC(N(C)C)C2)cc(C)c1-c1ncn(C)c1-c1ccc(C#N)c2ccccc12. The maximum Gasteiger partial charge on any atom is 0.0998 e. The molecular weight excluding hydrogens is 430 g/mol. The molecule has 0 amide bonds. The summed E-state index contributed by atoms with van der Waals surface area (Å²) in [6.07, 6.45) is 3.13. The molecule has 1 atom stereocenters. The fraction of sp³-hybridized carbons (Fsp3) is 0.333. The average Bonchev–Trinajstić information content (AvgIpc) is 3.45. The fourth-order valence-corrected chi connectivity index (χ4v) is 5.69. The number of aromatic nitrogens is 2. The van der Waals surface area contributed by atoms with Crippen molar-refractivity contribution in [3.05, 3.63) is 77.1 Å². The third kappa shape index (κ3) is 4.25. The van der Waals surface area contributed by atoms with Crippen molar-refractivity contribution < 1.29 is 0 Å². The van der Waals surface area contributed by atoms with Gasteiger partial charge < -0.3 is 9.47 Å². The minimum absolute atomic E-state index is 0.648. The highest BCUT2D eigenvalue weighted by atomic mass is 15.2. The Hall–Kier alpha value is -3.46. The van der Waals surface area contributed by atoms with Gasteiger partial charge in [-0.15, -0.1) is 0 Å². The van der Waals surface area contributed by atoms with Gasteiger partial charge >= 0.3 is 0 Å². The minimum Gasteiger partial charge on any atom is -0.333 e. The lowest BCUT2D eigenvalue weighted by Crippen LogP contribution is -2.31. The van der Waals surface area contributed by atoms with Crippen molar-refractivity contribution in [1.82, 2.24) is 19.4 Å². The highest BCUT2D eigenvalue weighted by molar-refractivity contribution is 6.01. The van der Waals surface area contributed by atoms with E-state index in [1.165, 1.54) is 28.7 Å². The predicted octanol–water partition coefficient (Wildman–Crippen LogP) is 5.53. The molecule has 0 spiro atoms. The Morgan fingerprint density at radius 1 is 1.06 bits per heavy atom. The van der Waals surface area contributed by atoms with Crippen molar-refractivity contribution in [2.45, 2.75) is 32.9 Å². The first-order valence-electron chi connectivity index (χ1n) is 12.3. The van der Waals surface area contributed by atoms with Crippen LogP contribution in [0.5, 0.6) is 0 Å². The largest absolute Gasteiger partial charge is 0.333 e. The molecule has 0 radical (unpaired) electrons. The topological polar surface area (TPSA) is 48.1 Å². The lowest BCUT2D eigenvalue weighted by molar-refractivity contribution is 0.264. The van der Waals surface area contributed by atoms with E-state index in [0.717, 1.165) is 47.4 Å². The second kappa shape index (κ2) is 9.30. The summed E-state index contributed by atoms with van der Waals surface area (Å²) in [7, 11) is 6.41. The van der Waals surface area contributed by atoms with Gasteiger partial charge in [-0.05, 0) is 62.5 Å². The summed E-state index contributed by atoms with van der Waals surface area (Å²) in [5.74, 6) is 0. The first kappa shape index (κ1) is 23.3. The maximum atomic E-state index is 9.61. The quantitative estimate of drug-likeness (QED) is 0.390. The van der Waals surface area contributed by atoms with E-state index in [0.29, 0.717) is 11.6 Å². The zero-order valence-electron chi connectivity index (χ0n) is 21.3. The molecule has 5 heteroatoms. The van der Waals surface area contributed by atoms with Crippen LogP contribution in [0.15, 0.2) is 54.9 Å². The summed E-state index contributed by atoms with van der Waals surface area (Å²) in [6, 6.07) is 19.8. The molecule has 178 valence electrons. The molecular formula is C30H33N5.